The molecule has 0 saturated carbocycles. The molecule has 6 nitrogen and oxygen atoms in total. The topological polar surface area (TPSA) is 70.8 Å². The van der Waals surface area contributed by atoms with Gasteiger partial charge >= 0.3 is 5.97 Å². The Morgan fingerprint density at radius 2 is 1.88 bits per heavy atom. The molecule has 1 heterocycles. The second-order valence-electron chi connectivity index (χ2n) is 5.44. The Labute approximate surface area is 151 Å². The third kappa shape index (κ3) is 4.03. The van der Waals surface area contributed by atoms with Gasteiger partial charge in [0.2, 0.25) is 5.76 Å². The van der Waals surface area contributed by atoms with Crippen LogP contribution in [0.1, 0.15) is 23.0 Å². The summed E-state index contributed by atoms with van der Waals surface area (Å²) in [5.41, 5.74) is 2.32. The van der Waals surface area contributed by atoms with Gasteiger partial charge in [-0.15, -0.1) is 0 Å². The number of benzene rings is 2. The van der Waals surface area contributed by atoms with Crippen LogP contribution in [-0.2, 0) is 11.3 Å². The molecule has 134 valence electrons. The van der Waals surface area contributed by atoms with Crippen LogP contribution in [0.4, 0.5) is 0 Å². The van der Waals surface area contributed by atoms with E-state index in [-0.39, 0.29) is 12.4 Å². The van der Waals surface area contributed by atoms with Crippen molar-refractivity contribution in [1.82, 2.24) is 5.16 Å². The maximum Gasteiger partial charge on any atom is 0.377 e. The molecule has 0 N–H and O–H groups in total. The fraction of sp³-hybridized carbons (Fsp3) is 0.200. The first-order valence-electron chi connectivity index (χ1n) is 8.20. The van der Waals surface area contributed by atoms with Crippen LogP contribution in [-0.4, -0.2) is 24.8 Å². The number of aromatic nitrogens is 1. The highest BCUT2D eigenvalue weighted by atomic mass is 16.6. The Hall–Kier alpha value is -3.28. The second kappa shape index (κ2) is 8.20. The van der Waals surface area contributed by atoms with Gasteiger partial charge in [0, 0.05) is 11.6 Å². The standard InChI is InChI=1S/C20H19NO5/c1-3-24-20(22)19-12-16(21-26-19)15-9-10-17(18(11-15)23-2)25-13-14-7-5-4-6-8-14/h4-12H,3,13H2,1-2H3. The molecule has 0 unspecified atom stereocenters. The first-order valence-corrected chi connectivity index (χ1v) is 8.20. The van der Waals surface area contributed by atoms with Crippen molar-refractivity contribution in [3.63, 3.8) is 0 Å². The lowest BCUT2D eigenvalue weighted by molar-refractivity contribution is 0.0480. The quantitative estimate of drug-likeness (QED) is 0.596. The summed E-state index contributed by atoms with van der Waals surface area (Å²) in [5.74, 6) is 0.708. The molecule has 6 heteroatoms. The van der Waals surface area contributed by atoms with Crippen LogP contribution in [0, 0.1) is 0 Å². The fourth-order valence-electron chi connectivity index (χ4n) is 2.39. The lowest BCUT2D eigenvalue weighted by Gasteiger charge is -2.11. The number of hydrogen-bond acceptors (Lipinski definition) is 6. The van der Waals surface area contributed by atoms with E-state index in [4.69, 9.17) is 18.7 Å². The average Bonchev–Trinajstić information content (AvgIpc) is 3.17. The molecule has 0 radical (unpaired) electrons. The van der Waals surface area contributed by atoms with Crippen LogP contribution in [0.15, 0.2) is 59.1 Å². The van der Waals surface area contributed by atoms with Crippen molar-refractivity contribution in [3.05, 3.63) is 65.9 Å². The van der Waals surface area contributed by atoms with Gasteiger partial charge in [0.1, 0.15) is 12.3 Å². The lowest BCUT2D eigenvalue weighted by atomic mass is 10.1. The summed E-state index contributed by atoms with van der Waals surface area (Å²) in [6.45, 7) is 2.44. The SMILES string of the molecule is CCOC(=O)c1cc(-c2ccc(OCc3ccccc3)c(OC)c2)no1. The number of carbonyl (C=O) groups excluding carboxylic acids is 1. The second-order valence-corrected chi connectivity index (χ2v) is 5.44. The van der Waals surface area contributed by atoms with E-state index in [0.717, 1.165) is 11.1 Å². The van der Waals surface area contributed by atoms with Crippen molar-refractivity contribution in [3.8, 4) is 22.8 Å². The summed E-state index contributed by atoms with van der Waals surface area (Å²) < 4.78 is 21.2. The van der Waals surface area contributed by atoms with Gasteiger partial charge in [-0.25, -0.2) is 4.79 Å². The molecule has 0 aliphatic carbocycles. The minimum atomic E-state index is -0.541. The predicted octanol–water partition coefficient (Wildman–Crippen LogP) is 4.11. The zero-order chi connectivity index (χ0) is 18.4. The molecule has 0 spiro atoms. The number of carbonyl (C=O) groups is 1. The molecule has 3 rings (SSSR count). The van der Waals surface area contributed by atoms with Crippen LogP contribution in [0.25, 0.3) is 11.3 Å². The minimum absolute atomic E-state index is 0.0604. The van der Waals surface area contributed by atoms with E-state index < -0.39 is 5.97 Å². The average molecular weight is 353 g/mol. The fourth-order valence-corrected chi connectivity index (χ4v) is 2.39. The molecule has 0 atom stereocenters. The molecule has 2 aromatic carbocycles. The number of ether oxygens (including phenoxy) is 3. The summed E-state index contributed by atoms with van der Waals surface area (Å²) in [6, 6.07) is 16.8. The largest absolute Gasteiger partial charge is 0.493 e. The number of esters is 1. The first kappa shape index (κ1) is 17.5. The molecular formula is C20H19NO5. The van der Waals surface area contributed by atoms with E-state index in [0.29, 0.717) is 23.8 Å². The molecule has 0 amide bonds. The summed E-state index contributed by atoms with van der Waals surface area (Å²) in [4.78, 5) is 11.7. The van der Waals surface area contributed by atoms with Crippen LogP contribution in [0.2, 0.25) is 0 Å². The van der Waals surface area contributed by atoms with Crippen LogP contribution < -0.4 is 9.47 Å². The van der Waals surface area contributed by atoms with Gasteiger partial charge in [-0.2, -0.15) is 0 Å². The number of rotatable bonds is 7. The Bertz CT molecular complexity index is 873. The first-order chi connectivity index (χ1) is 12.7. The van der Waals surface area contributed by atoms with E-state index >= 15 is 0 Å². The highest BCUT2D eigenvalue weighted by Gasteiger charge is 2.16. The van der Waals surface area contributed by atoms with Crippen molar-refractivity contribution in [2.75, 3.05) is 13.7 Å². The zero-order valence-electron chi connectivity index (χ0n) is 14.6. The van der Waals surface area contributed by atoms with Gasteiger partial charge in [-0.1, -0.05) is 35.5 Å². The number of hydrogen-bond donors (Lipinski definition) is 0. The Balaban J connectivity index is 1.77. The van der Waals surface area contributed by atoms with Gasteiger partial charge in [0.15, 0.2) is 11.5 Å². The molecule has 0 aliphatic heterocycles. The maximum atomic E-state index is 11.7. The molecule has 0 aliphatic rings. The highest BCUT2D eigenvalue weighted by molar-refractivity contribution is 5.87. The van der Waals surface area contributed by atoms with E-state index in [2.05, 4.69) is 5.16 Å². The monoisotopic (exact) mass is 353 g/mol. The molecule has 3 aromatic rings. The van der Waals surface area contributed by atoms with Gasteiger partial charge in [0.25, 0.3) is 0 Å². The third-order valence-corrected chi connectivity index (χ3v) is 3.68. The molecular weight excluding hydrogens is 334 g/mol. The summed E-state index contributed by atoms with van der Waals surface area (Å²) >= 11 is 0. The van der Waals surface area contributed by atoms with Crippen molar-refractivity contribution in [1.29, 1.82) is 0 Å². The Morgan fingerprint density at radius 1 is 1.08 bits per heavy atom. The predicted molar refractivity (Wildman–Crippen MR) is 95.2 cm³/mol. The smallest absolute Gasteiger partial charge is 0.377 e. The maximum absolute atomic E-state index is 11.7. The van der Waals surface area contributed by atoms with Gasteiger partial charge < -0.3 is 18.7 Å². The molecule has 1 aromatic heterocycles. The van der Waals surface area contributed by atoms with Gasteiger partial charge in [-0.05, 0) is 30.7 Å². The summed E-state index contributed by atoms with van der Waals surface area (Å²) in [7, 11) is 1.57. The van der Waals surface area contributed by atoms with Gasteiger partial charge in [0.05, 0.1) is 13.7 Å². The van der Waals surface area contributed by atoms with E-state index in [1.54, 1.807) is 26.2 Å². The van der Waals surface area contributed by atoms with E-state index in [9.17, 15) is 4.79 Å². The summed E-state index contributed by atoms with van der Waals surface area (Å²) in [6.07, 6.45) is 0. The molecule has 0 saturated heterocycles. The third-order valence-electron chi connectivity index (χ3n) is 3.68. The van der Waals surface area contributed by atoms with Gasteiger partial charge in [-0.3, -0.25) is 0 Å². The van der Waals surface area contributed by atoms with Crippen LogP contribution >= 0.6 is 0 Å². The molecule has 26 heavy (non-hydrogen) atoms. The molecule has 0 fully saturated rings. The normalized spacial score (nSPS) is 10.4. The van der Waals surface area contributed by atoms with E-state index in [1.807, 2.05) is 36.4 Å². The van der Waals surface area contributed by atoms with Crippen LogP contribution in [0.5, 0.6) is 11.5 Å². The van der Waals surface area contributed by atoms with Crippen LogP contribution in [0.3, 0.4) is 0 Å². The minimum Gasteiger partial charge on any atom is -0.493 e. The lowest BCUT2D eigenvalue weighted by Crippen LogP contribution is -2.02. The van der Waals surface area contributed by atoms with Crippen molar-refractivity contribution in [2.24, 2.45) is 0 Å². The van der Waals surface area contributed by atoms with E-state index in [1.165, 1.54) is 6.07 Å². The Morgan fingerprint density at radius 3 is 2.62 bits per heavy atom. The number of nitrogens with zero attached hydrogens (tertiary/aromatic N) is 1. The highest BCUT2D eigenvalue weighted by Crippen LogP contribution is 2.33. The number of methoxy groups -OCH3 is 1. The van der Waals surface area contributed by atoms with Crippen molar-refractivity contribution >= 4 is 5.97 Å². The van der Waals surface area contributed by atoms with Crippen molar-refractivity contribution < 1.29 is 23.5 Å². The summed E-state index contributed by atoms with van der Waals surface area (Å²) in [5, 5.41) is 3.92. The Kier molecular flexibility index (Phi) is 5.53. The molecule has 0 bridgehead atoms. The van der Waals surface area contributed by atoms with Crippen molar-refractivity contribution in [2.45, 2.75) is 13.5 Å². The zero-order valence-corrected chi connectivity index (χ0v) is 14.6.